The Labute approximate surface area is 212 Å². The maximum atomic E-state index is 9.35. The molecular weight excluding hydrogens is 452 g/mol. The standard InChI is InChI=1S/C24H28N6O2.2C2H2/c1-15(31)11-25-13-23-27-19-7-5-17(9-21(19)29-23)3-4-18-6-8-20-22(10-18)30-24(28-20)14-26-12-16(2)32;2*1-2/h5-10,15-16,25-26,31-32H,11-14H2,1-2H3,(H,27,29)(H,28,30);2*1-2H/t15-,16?;;/m1../s1. The van der Waals surface area contributed by atoms with Crippen molar-refractivity contribution in [3.63, 3.8) is 0 Å². The summed E-state index contributed by atoms with van der Waals surface area (Å²) in [5.74, 6) is 8.09. The summed E-state index contributed by atoms with van der Waals surface area (Å²) >= 11 is 0. The molecule has 2 heterocycles. The van der Waals surface area contributed by atoms with Crippen molar-refractivity contribution in [1.82, 2.24) is 30.6 Å². The van der Waals surface area contributed by atoms with Gasteiger partial charge in [-0.15, -0.1) is 25.7 Å². The maximum absolute atomic E-state index is 9.35. The molecular formula is C28H32N6O2. The fraction of sp³-hybridized carbons (Fsp3) is 0.286. The lowest BCUT2D eigenvalue weighted by atomic mass is 10.1. The Morgan fingerprint density at radius 3 is 1.50 bits per heavy atom. The van der Waals surface area contributed by atoms with Gasteiger partial charge in [0.25, 0.3) is 0 Å². The Morgan fingerprint density at radius 2 is 1.14 bits per heavy atom. The highest BCUT2D eigenvalue weighted by Crippen LogP contribution is 2.15. The Bertz CT molecular complexity index is 1250. The number of terminal acetylenes is 2. The van der Waals surface area contributed by atoms with Crippen molar-refractivity contribution in [2.75, 3.05) is 13.1 Å². The summed E-state index contributed by atoms with van der Waals surface area (Å²) in [6.45, 7) is 5.68. The van der Waals surface area contributed by atoms with E-state index in [4.69, 9.17) is 0 Å². The van der Waals surface area contributed by atoms with Gasteiger partial charge in [0.15, 0.2) is 0 Å². The highest BCUT2D eigenvalue weighted by molar-refractivity contribution is 5.78. The average molecular weight is 485 g/mol. The number of fused-ring (bicyclic) bond motifs is 2. The van der Waals surface area contributed by atoms with Crippen LogP contribution >= 0.6 is 0 Å². The van der Waals surface area contributed by atoms with Gasteiger partial charge in [-0.1, -0.05) is 11.8 Å². The lowest BCUT2D eigenvalue weighted by Gasteiger charge is -2.03. The van der Waals surface area contributed by atoms with Gasteiger partial charge in [-0.2, -0.15) is 0 Å². The van der Waals surface area contributed by atoms with Gasteiger partial charge in [0, 0.05) is 24.2 Å². The molecule has 0 fully saturated rings. The lowest BCUT2D eigenvalue weighted by molar-refractivity contribution is 0.190. The van der Waals surface area contributed by atoms with Gasteiger partial charge < -0.3 is 30.8 Å². The fourth-order valence-corrected chi connectivity index (χ4v) is 3.39. The summed E-state index contributed by atoms with van der Waals surface area (Å²) in [5, 5.41) is 25.0. The Kier molecular flexibility index (Phi) is 11.2. The number of nitrogens with zero attached hydrogens (tertiary/aromatic N) is 2. The zero-order valence-corrected chi connectivity index (χ0v) is 20.5. The lowest BCUT2D eigenvalue weighted by Crippen LogP contribution is -2.24. The van der Waals surface area contributed by atoms with Crippen LogP contribution in [0.25, 0.3) is 22.1 Å². The quantitative estimate of drug-likeness (QED) is 0.213. The zero-order valence-electron chi connectivity index (χ0n) is 20.5. The summed E-state index contributed by atoms with van der Waals surface area (Å²) in [7, 11) is 0. The first-order valence-electron chi connectivity index (χ1n) is 11.4. The van der Waals surface area contributed by atoms with Crippen LogP contribution in [-0.2, 0) is 13.1 Å². The number of rotatable bonds is 8. The van der Waals surface area contributed by atoms with E-state index in [2.05, 4.69) is 68.1 Å². The van der Waals surface area contributed by atoms with Crippen LogP contribution in [0, 0.1) is 37.5 Å². The first-order chi connectivity index (χ1) is 17.5. The van der Waals surface area contributed by atoms with E-state index < -0.39 is 0 Å². The van der Waals surface area contributed by atoms with Gasteiger partial charge in [-0.05, 0) is 50.2 Å². The van der Waals surface area contributed by atoms with Crippen LogP contribution in [0.4, 0.5) is 0 Å². The van der Waals surface area contributed by atoms with Crippen molar-refractivity contribution in [1.29, 1.82) is 0 Å². The van der Waals surface area contributed by atoms with Crippen LogP contribution in [-0.4, -0.2) is 55.4 Å². The van der Waals surface area contributed by atoms with Crippen molar-refractivity contribution >= 4 is 22.1 Å². The minimum absolute atomic E-state index is 0.388. The number of aliphatic hydroxyl groups excluding tert-OH is 2. The predicted molar refractivity (Wildman–Crippen MR) is 145 cm³/mol. The van der Waals surface area contributed by atoms with E-state index >= 15 is 0 Å². The molecule has 8 nitrogen and oxygen atoms in total. The predicted octanol–water partition coefficient (Wildman–Crippen LogP) is 2.28. The van der Waals surface area contributed by atoms with Gasteiger partial charge >= 0.3 is 0 Å². The summed E-state index contributed by atoms with van der Waals surface area (Å²) in [4.78, 5) is 15.7. The van der Waals surface area contributed by atoms with Crippen LogP contribution in [0.15, 0.2) is 36.4 Å². The van der Waals surface area contributed by atoms with E-state index in [-0.39, 0.29) is 12.2 Å². The summed E-state index contributed by atoms with van der Waals surface area (Å²) < 4.78 is 0. The van der Waals surface area contributed by atoms with Crippen molar-refractivity contribution in [3.8, 4) is 37.5 Å². The zero-order chi connectivity index (χ0) is 26.5. The molecule has 0 spiro atoms. The Morgan fingerprint density at radius 1 is 0.750 bits per heavy atom. The van der Waals surface area contributed by atoms with E-state index in [1.807, 2.05) is 36.4 Å². The van der Waals surface area contributed by atoms with Gasteiger partial charge in [0.2, 0.25) is 0 Å². The number of imidazole rings is 2. The molecule has 36 heavy (non-hydrogen) atoms. The number of hydrogen-bond acceptors (Lipinski definition) is 6. The normalized spacial score (nSPS) is 11.9. The largest absolute Gasteiger partial charge is 0.392 e. The molecule has 8 heteroatoms. The van der Waals surface area contributed by atoms with E-state index in [0.717, 1.165) is 44.8 Å². The monoisotopic (exact) mass is 484 g/mol. The minimum atomic E-state index is -0.388. The second-order valence-electron chi connectivity index (χ2n) is 8.04. The van der Waals surface area contributed by atoms with Crippen LogP contribution in [0.2, 0.25) is 0 Å². The molecule has 0 aliphatic carbocycles. The van der Waals surface area contributed by atoms with E-state index in [9.17, 15) is 10.2 Å². The summed E-state index contributed by atoms with van der Waals surface area (Å²) in [5.41, 5.74) is 5.45. The van der Waals surface area contributed by atoms with Gasteiger partial charge in [0.1, 0.15) is 11.6 Å². The Balaban J connectivity index is 0.00000109. The van der Waals surface area contributed by atoms with E-state index in [0.29, 0.717) is 26.2 Å². The summed E-state index contributed by atoms with van der Waals surface area (Å²) in [6, 6.07) is 11.8. The molecule has 2 atom stereocenters. The van der Waals surface area contributed by atoms with Gasteiger partial charge in [-0.3, -0.25) is 0 Å². The molecule has 186 valence electrons. The number of H-pyrrole nitrogens is 2. The van der Waals surface area contributed by atoms with Crippen LogP contribution < -0.4 is 10.6 Å². The fourth-order valence-electron chi connectivity index (χ4n) is 3.39. The smallest absolute Gasteiger partial charge is 0.121 e. The van der Waals surface area contributed by atoms with E-state index in [1.54, 1.807) is 13.8 Å². The second kappa shape index (κ2) is 14.3. The average Bonchev–Trinajstić information content (AvgIpc) is 3.47. The number of hydrogen-bond donors (Lipinski definition) is 6. The van der Waals surface area contributed by atoms with Gasteiger partial charge in [-0.25, -0.2) is 9.97 Å². The molecule has 0 bridgehead atoms. The first kappa shape index (κ1) is 28.1. The molecule has 4 aromatic rings. The molecule has 0 aliphatic rings. The number of nitrogens with one attached hydrogen (secondary N) is 4. The van der Waals surface area contributed by atoms with Crippen molar-refractivity contribution in [2.24, 2.45) is 0 Å². The molecule has 6 N–H and O–H groups in total. The first-order valence-corrected chi connectivity index (χ1v) is 11.4. The third kappa shape index (κ3) is 8.29. The molecule has 4 rings (SSSR count). The molecule has 0 radical (unpaired) electrons. The molecule has 2 aromatic carbocycles. The third-order valence-corrected chi connectivity index (χ3v) is 4.88. The van der Waals surface area contributed by atoms with Crippen molar-refractivity contribution < 1.29 is 10.2 Å². The molecule has 0 saturated heterocycles. The third-order valence-electron chi connectivity index (χ3n) is 4.88. The molecule has 2 aromatic heterocycles. The molecule has 1 unspecified atom stereocenters. The Hall–Kier alpha value is -4.10. The molecule has 0 saturated carbocycles. The second-order valence-corrected chi connectivity index (χ2v) is 8.04. The van der Waals surface area contributed by atoms with Crippen molar-refractivity contribution in [2.45, 2.75) is 39.1 Å². The van der Waals surface area contributed by atoms with Crippen LogP contribution in [0.5, 0.6) is 0 Å². The number of aliphatic hydroxyl groups is 2. The van der Waals surface area contributed by atoms with Crippen LogP contribution in [0.1, 0.15) is 36.6 Å². The van der Waals surface area contributed by atoms with Crippen LogP contribution in [0.3, 0.4) is 0 Å². The number of benzene rings is 2. The minimum Gasteiger partial charge on any atom is -0.392 e. The summed E-state index contributed by atoms with van der Waals surface area (Å²) in [6.07, 6.45) is 15.2. The van der Waals surface area contributed by atoms with Gasteiger partial charge in [0.05, 0.1) is 47.4 Å². The molecule has 0 amide bonds. The maximum Gasteiger partial charge on any atom is 0.121 e. The highest BCUT2D eigenvalue weighted by atomic mass is 16.3. The van der Waals surface area contributed by atoms with E-state index in [1.165, 1.54) is 0 Å². The highest BCUT2D eigenvalue weighted by Gasteiger charge is 2.05. The topological polar surface area (TPSA) is 122 Å². The number of aromatic amines is 2. The molecule has 0 aliphatic heterocycles. The SMILES string of the molecule is C#C.C#C.CC(O)CNCc1nc2ccc(C#Cc3ccc4nc(CNC[C@@H](C)O)[nH]c4c3)cc2[nH]1. The number of aromatic nitrogens is 4. The van der Waals surface area contributed by atoms with Crippen molar-refractivity contribution in [3.05, 3.63) is 59.2 Å².